The Morgan fingerprint density at radius 1 is 1.64 bits per heavy atom. The van der Waals surface area contributed by atoms with Gasteiger partial charge in [-0.25, -0.2) is 0 Å². The molecule has 0 aromatic carbocycles. The second-order valence-corrected chi connectivity index (χ2v) is 2.41. The molecule has 1 amide bonds. The van der Waals surface area contributed by atoms with Gasteiger partial charge in [0.25, 0.3) is 5.91 Å². The number of aromatic nitrogens is 2. The van der Waals surface area contributed by atoms with Crippen molar-refractivity contribution in [2.75, 3.05) is 6.54 Å². The van der Waals surface area contributed by atoms with Gasteiger partial charge in [-0.3, -0.25) is 4.79 Å². The quantitative estimate of drug-likeness (QED) is 0.246. The summed E-state index contributed by atoms with van der Waals surface area (Å²) in [4.78, 5) is 11.3. The largest absolute Gasteiger partial charge is 0.409 e. The summed E-state index contributed by atoms with van der Waals surface area (Å²) in [5.74, 6) is -0.424. The summed E-state index contributed by atoms with van der Waals surface area (Å²) in [6, 6.07) is 1.51. The SMILES string of the molecule is N/C(CNC(=O)c1ccnnc1)=N/O. The summed E-state index contributed by atoms with van der Waals surface area (Å²) in [6.45, 7) is -0.0162. The van der Waals surface area contributed by atoms with Crippen molar-refractivity contribution in [1.82, 2.24) is 15.5 Å². The van der Waals surface area contributed by atoms with E-state index in [2.05, 4.69) is 20.7 Å². The molecule has 0 aliphatic heterocycles. The Hall–Kier alpha value is -2.18. The van der Waals surface area contributed by atoms with Gasteiger partial charge in [0.15, 0.2) is 5.84 Å². The summed E-state index contributed by atoms with van der Waals surface area (Å²) < 4.78 is 0. The summed E-state index contributed by atoms with van der Waals surface area (Å²) in [6.07, 6.45) is 2.72. The number of nitrogens with two attached hydrogens (primary N) is 1. The maximum Gasteiger partial charge on any atom is 0.253 e. The lowest BCUT2D eigenvalue weighted by Gasteiger charge is -2.02. The van der Waals surface area contributed by atoms with Crippen LogP contribution in [-0.2, 0) is 0 Å². The van der Waals surface area contributed by atoms with Crippen LogP contribution in [0.3, 0.4) is 0 Å². The van der Waals surface area contributed by atoms with Crippen LogP contribution in [0.15, 0.2) is 23.6 Å². The average Bonchev–Trinajstić information content (AvgIpc) is 2.26. The summed E-state index contributed by atoms with van der Waals surface area (Å²) in [5, 5.41) is 20.4. The Morgan fingerprint density at radius 2 is 2.43 bits per heavy atom. The highest BCUT2D eigenvalue weighted by molar-refractivity contribution is 5.96. The van der Waals surface area contributed by atoms with Crippen LogP contribution in [0.25, 0.3) is 0 Å². The first-order valence-electron chi connectivity index (χ1n) is 3.75. The molecule has 1 aromatic rings. The summed E-state index contributed by atoms with van der Waals surface area (Å²) in [5.41, 5.74) is 5.52. The highest BCUT2D eigenvalue weighted by Gasteiger charge is 2.04. The van der Waals surface area contributed by atoms with Crippen molar-refractivity contribution < 1.29 is 10.0 Å². The molecule has 0 spiro atoms. The first-order chi connectivity index (χ1) is 6.74. The Kier molecular flexibility index (Phi) is 3.36. The van der Waals surface area contributed by atoms with Crippen LogP contribution in [0.4, 0.5) is 0 Å². The van der Waals surface area contributed by atoms with Crippen LogP contribution in [0.2, 0.25) is 0 Å². The number of oxime groups is 1. The molecule has 7 heteroatoms. The van der Waals surface area contributed by atoms with E-state index in [9.17, 15) is 4.79 Å². The van der Waals surface area contributed by atoms with E-state index in [1.165, 1.54) is 18.5 Å². The molecule has 0 aliphatic rings. The van der Waals surface area contributed by atoms with Gasteiger partial charge in [-0.15, -0.1) is 0 Å². The van der Waals surface area contributed by atoms with Gasteiger partial charge in [-0.1, -0.05) is 5.16 Å². The first kappa shape index (κ1) is 9.90. The number of rotatable bonds is 3. The van der Waals surface area contributed by atoms with Gasteiger partial charge in [0.05, 0.1) is 24.5 Å². The molecule has 0 unspecified atom stereocenters. The molecule has 1 heterocycles. The third kappa shape index (κ3) is 2.70. The van der Waals surface area contributed by atoms with E-state index in [1.807, 2.05) is 0 Å². The number of amidine groups is 1. The first-order valence-corrected chi connectivity index (χ1v) is 3.75. The average molecular weight is 195 g/mol. The second kappa shape index (κ2) is 4.75. The fourth-order valence-corrected chi connectivity index (χ4v) is 0.733. The molecular formula is C7H9N5O2. The molecule has 1 aromatic heterocycles. The minimum Gasteiger partial charge on any atom is -0.409 e. The minimum atomic E-state index is -0.355. The molecule has 0 fully saturated rings. The van der Waals surface area contributed by atoms with E-state index in [4.69, 9.17) is 10.9 Å². The summed E-state index contributed by atoms with van der Waals surface area (Å²) >= 11 is 0. The number of nitrogens with zero attached hydrogens (tertiary/aromatic N) is 3. The van der Waals surface area contributed by atoms with Crippen LogP contribution >= 0.6 is 0 Å². The van der Waals surface area contributed by atoms with E-state index < -0.39 is 0 Å². The number of hydrogen-bond acceptors (Lipinski definition) is 5. The van der Waals surface area contributed by atoms with Crippen LogP contribution in [-0.4, -0.2) is 33.7 Å². The Bertz CT molecular complexity index is 337. The van der Waals surface area contributed by atoms with Gasteiger partial charge in [-0.2, -0.15) is 10.2 Å². The van der Waals surface area contributed by atoms with Crippen LogP contribution < -0.4 is 11.1 Å². The number of hydrogen-bond donors (Lipinski definition) is 3. The van der Waals surface area contributed by atoms with Crippen LogP contribution in [0, 0.1) is 0 Å². The zero-order chi connectivity index (χ0) is 10.4. The third-order valence-electron chi connectivity index (χ3n) is 1.40. The number of carbonyl (C=O) groups is 1. The van der Waals surface area contributed by atoms with Gasteiger partial charge in [0.1, 0.15) is 0 Å². The number of nitrogens with one attached hydrogen (secondary N) is 1. The van der Waals surface area contributed by atoms with E-state index in [0.717, 1.165) is 0 Å². The molecule has 4 N–H and O–H groups in total. The van der Waals surface area contributed by atoms with Crippen molar-refractivity contribution in [2.45, 2.75) is 0 Å². The lowest BCUT2D eigenvalue weighted by molar-refractivity contribution is 0.0958. The molecule has 0 saturated carbocycles. The predicted octanol–water partition coefficient (Wildman–Crippen LogP) is -1.05. The van der Waals surface area contributed by atoms with Gasteiger partial charge < -0.3 is 16.3 Å². The Balaban J connectivity index is 2.52. The minimum absolute atomic E-state index is 0.0162. The maximum atomic E-state index is 11.3. The fourth-order valence-electron chi connectivity index (χ4n) is 0.733. The predicted molar refractivity (Wildman–Crippen MR) is 47.8 cm³/mol. The van der Waals surface area contributed by atoms with Crippen molar-refractivity contribution in [1.29, 1.82) is 0 Å². The molecule has 0 aliphatic carbocycles. The van der Waals surface area contributed by atoms with E-state index in [0.29, 0.717) is 5.56 Å². The third-order valence-corrected chi connectivity index (χ3v) is 1.40. The van der Waals surface area contributed by atoms with Crippen molar-refractivity contribution in [2.24, 2.45) is 10.9 Å². The van der Waals surface area contributed by atoms with Crippen molar-refractivity contribution in [3.8, 4) is 0 Å². The van der Waals surface area contributed by atoms with E-state index >= 15 is 0 Å². The van der Waals surface area contributed by atoms with Crippen LogP contribution in [0.5, 0.6) is 0 Å². The van der Waals surface area contributed by atoms with Crippen molar-refractivity contribution in [3.63, 3.8) is 0 Å². The topological polar surface area (TPSA) is 113 Å². The highest BCUT2D eigenvalue weighted by atomic mass is 16.4. The van der Waals surface area contributed by atoms with Gasteiger partial charge >= 0.3 is 0 Å². The monoisotopic (exact) mass is 195 g/mol. The Labute approximate surface area is 79.6 Å². The van der Waals surface area contributed by atoms with E-state index in [-0.39, 0.29) is 18.3 Å². The second-order valence-electron chi connectivity index (χ2n) is 2.41. The molecular weight excluding hydrogens is 186 g/mol. The lowest BCUT2D eigenvalue weighted by atomic mass is 10.3. The molecule has 0 saturated heterocycles. The van der Waals surface area contributed by atoms with Crippen LogP contribution in [0.1, 0.15) is 10.4 Å². The fraction of sp³-hybridized carbons (Fsp3) is 0.143. The molecule has 0 radical (unpaired) electrons. The Morgan fingerprint density at radius 3 is 3.00 bits per heavy atom. The number of amides is 1. The smallest absolute Gasteiger partial charge is 0.253 e. The normalized spacial score (nSPS) is 11.0. The van der Waals surface area contributed by atoms with Crippen molar-refractivity contribution in [3.05, 3.63) is 24.0 Å². The van der Waals surface area contributed by atoms with Gasteiger partial charge in [0, 0.05) is 0 Å². The molecule has 14 heavy (non-hydrogen) atoms. The molecule has 0 atom stereocenters. The molecule has 7 nitrogen and oxygen atoms in total. The highest BCUT2D eigenvalue weighted by Crippen LogP contribution is 1.92. The zero-order valence-corrected chi connectivity index (χ0v) is 7.21. The number of carbonyl (C=O) groups excluding carboxylic acids is 1. The van der Waals surface area contributed by atoms with Gasteiger partial charge in [-0.05, 0) is 6.07 Å². The van der Waals surface area contributed by atoms with E-state index in [1.54, 1.807) is 0 Å². The maximum absolute atomic E-state index is 11.3. The van der Waals surface area contributed by atoms with Gasteiger partial charge in [0.2, 0.25) is 0 Å². The zero-order valence-electron chi connectivity index (χ0n) is 7.21. The standard InChI is InChI=1S/C7H9N5O2/c8-6(12-14)4-9-7(13)5-1-2-10-11-3-5/h1-3,14H,4H2,(H2,8,12)(H,9,13). The van der Waals surface area contributed by atoms with Crippen molar-refractivity contribution >= 4 is 11.7 Å². The lowest BCUT2D eigenvalue weighted by Crippen LogP contribution is -2.33. The molecule has 1 rings (SSSR count). The molecule has 74 valence electrons. The summed E-state index contributed by atoms with van der Waals surface area (Å²) in [7, 11) is 0. The molecule has 0 bridgehead atoms.